The van der Waals surface area contributed by atoms with Crippen molar-refractivity contribution in [2.45, 2.75) is 25.6 Å². The summed E-state index contributed by atoms with van der Waals surface area (Å²) in [6.07, 6.45) is -3.33. The minimum atomic E-state index is -4.75. The molecule has 5 rings (SSSR count). The molecule has 2 saturated heterocycles. The van der Waals surface area contributed by atoms with Crippen LogP contribution in [0.3, 0.4) is 0 Å². The summed E-state index contributed by atoms with van der Waals surface area (Å²) >= 11 is 1.09. The average Bonchev–Trinajstić information content (AvgIpc) is 3.35. The van der Waals surface area contributed by atoms with Crippen LogP contribution in [0.5, 0.6) is 0 Å². The monoisotopic (exact) mass is 627 g/mol. The van der Waals surface area contributed by atoms with Gasteiger partial charge in [0.1, 0.15) is 22.8 Å². The number of rotatable bonds is 10. The number of hydrogen-bond donors (Lipinski definition) is 1. The first-order valence-electron chi connectivity index (χ1n) is 13.6. The van der Waals surface area contributed by atoms with Crippen molar-refractivity contribution in [1.82, 2.24) is 19.9 Å². The molecule has 232 valence electrons. The maximum absolute atomic E-state index is 15.7. The molecule has 0 saturated carbocycles. The van der Waals surface area contributed by atoms with Crippen molar-refractivity contribution >= 4 is 39.1 Å². The number of piperazine rings is 1. The van der Waals surface area contributed by atoms with Crippen molar-refractivity contribution in [3.8, 4) is 11.3 Å². The highest BCUT2D eigenvalue weighted by molar-refractivity contribution is 7.20. The van der Waals surface area contributed by atoms with Crippen LogP contribution >= 0.6 is 11.3 Å². The lowest BCUT2D eigenvalue weighted by Crippen LogP contribution is -2.51. The lowest BCUT2D eigenvalue weighted by Gasteiger charge is -2.39. The number of nitrogens with one attached hydrogen (secondary N) is 1. The Morgan fingerprint density at radius 3 is 2.51 bits per heavy atom. The summed E-state index contributed by atoms with van der Waals surface area (Å²) in [6.45, 7) is 5.68. The summed E-state index contributed by atoms with van der Waals surface area (Å²) < 4.78 is 80.5. The number of ether oxygens (including phenoxy) is 2. The fourth-order valence-electron chi connectivity index (χ4n) is 4.85. The molecule has 0 bridgehead atoms. The Kier molecular flexibility index (Phi) is 9.27. The first-order valence-corrected chi connectivity index (χ1v) is 14.4. The molecule has 1 N–H and O–H groups in total. The molecule has 0 radical (unpaired) electrons. The molecule has 10 nitrogen and oxygen atoms in total. The third-order valence-corrected chi connectivity index (χ3v) is 8.21. The fourth-order valence-corrected chi connectivity index (χ4v) is 5.85. The number of carbonyl (C=O) groups excluding carboxylic acids is 1. The Bertz CT molecular complexity index is 1440. The number of thiazole rings is 1. The van der Waals surface area contributed by atoms with E-state index in [1.807, 2.05) is 4.90 Å². The zero-order valence-electron chi connectivity index (χ0n) is 23.5. The number of alkyl halides is 3. The van der Waals surface area contributed by atoms with Crippen LogP contribution in [0.2, 0.25) is 0 Å². The second kappa shape index (κ2) is 12.9. The van der Waals surface area contributed by atoms with Gasteiger partial charge < -0.3 is 24.6 Å². The Hall–Kier alpha value is -3.63. The number of halogens is 5. The molecule has 0 aliphatic carbocycles. The first-order chi connectivity index (χ1) is 20.5. The van der Waals surface area contributed by atoms with Crippen molar-refractivity contribution in [2.75, 3.05) is 74.6 Å². The van der Waals surface area contributed by atoms with E-state index in [-0.39, 0.29) is 46.5 Å². The summed E-state index contributed by atoms with van der Waals surface area (Å²) in [5.74, 6) is -2.10. The van der Waals surface area contributed by atoms with E-state index in [0.29, 0.717) is 63.5 Å². The van der Waals surface area contributed by atoms with Gasteiger partial charge in [0, 0.05) is 58.5 Å². The molecule has 0 atom stereocenters. The summed E-state index contributed by atoms with van der Waals surface area (Å²) in [4.78, 5) is 30.0. The van der Waals surface area contributed by atoms with Gasteiger partial charge in [-0.25, -0.2) is 19.3 Å². The molecular weight excluding hydrogens is 597 g/mol. The zero-order valence-corrected chi connectivity index (χ0v) is 24.3. The number of methoxy groups -OCH3 is 1. The van der Waals surface area contributed by atoms with Gasteiger partial charge in [0.15, 0.2) is 16.8 Å². The van der Waals surface area contributed by atoms with Crippen LogP contribution in [0.25, 0.3) is 11.3 Å². The number of carbonyl (C=O) groups is 1. The topological polar surface area (TPSA) is 96.0 Å². The Morgan fingerprint density at radius 1 is 1.09 bits per heavy atom. The number of esters is 1. The molecule has 3 aromatic rings. The van der Waals surface area contributed by atoms with Crippen molar-refractivity contribution in [3.05, 3.63) is 41.7 Å². The number of hydrogen-bond acceptors (Lipinski definition) is 11. The second-order valence-electron chi connectivity index (χ2n) is 10.0. The fraction of sp³-hybridized carbons (Fsp3) is 0.481. The molecule has 4 heterocycles. The lowest BCUT2D eigenvalue weighted by molar-refractivity contribution is -0.143. The SMILES string of the molecule is CCOC(=O)CCN1CCN(c2ncnc(Nc3nc(-c4cc(F)cc(C(F)(F)F)c4)c(N4CC(OC)C4)s3)c2F)CC1. The highest BCUT2D eigenvalue weighted by Gasteiger charge is 2.34. The number of benzene rings is 1. The van der Waals surface area contributed by atoms with E-state index < -0.39 is 23.4 Å². The molecule has 2 aliphatic heterocycles. The van der Waals surface area contributed by atoms with Crippen molar-refractivity contribution < 1.29 is 36.2 Å². The van der Waals surface area contributed by atoms with E-state index in [1.54, 1.807) is 18.9 Å². The van der Waals surface area contributed by atoms with Gasteiger partial charge in [-0.3, -0.25) is 9.69 Å². The van der Waals surface area contributed by atoms with E-state index in [0.717, 1.165) is 23.5 Å². The molecule has 0 amide bonds. The molecule has 0 spiro atoms. The average molecular weight is 628 g/mol. The van der Waals surface area contributed by atoms with Crippen LogP contribution in [0.1, 0.15) is 18.9 Å². The minimum Gasteiger partial charge on any atom is -0.466 e. The van der Waals surface area contributed by atoms with Crippen molar-refractivity contribution in [3.63, 3.8) is 0 Å². The predicted molar refractivity (Wildman–Crippen MR) is 151 cm³/mol. The van der Waals surface area contributed by atoms with E-state index >= 15 is 4.39 Å². The van der Waals surface area contributed by atoms with Gasteiger partial charge in [0.2, 0.25) is 5.82 Å². The van der Waals surface area contributed by atoms with Crippen LogP contribution in [-0.4, -0.2) is 91.5 Å². The zero-order chi connectivity index (χ0) is 30.7. The van der Waals surface area contributed by atoms with Gasteiger partial charge in [-0.15, -0.1) is 0 Å². The summed E-state index contributed by atoms with van der Waals surface area (Å²) in [6, 6.07) is 2.26. The van der Waals surface area contributed by atoms with Gasteiger partial charge in [0.05, 0.1) is 24.7 Å². The first kappa shape index (κ1) is 30.8. The maximum Gasteiger partial charge on any atom is 0.416 e. The molecule has 0 unspecified atom stereocenters. The highest BCUT2D eigenvalue weighted by atomic mass is 32.1. The smallest absolute Gasteiger partial charge is 0.416 e. The van der Waals surface area contributed by atoms with Crippen molar-refractivity contribution in [2.24, 2.45) is 0 Å². The Morgan fingerprint density at radius 2 is 1.84 bits per heavy atom. The van der Waals surface area contributed by atoms with E-state index in [1.165, 1.54) is 6.33 Å². The van der Waals surface area contributed by atoms with E-state index in [4.69, 9.17) is 9.47 Å². The minimum absolute atomic E-state index is 0.0582. The quantitative estimate of drug-likeness (QED) is 0.255. The third kappa shape index (κ3) is 7.13. The van der Waals surface area contributed by atoms with Crippen molar-refractivity contribution in [1.29, 1.82) is 0 Å². The second-order valence-corrected chi connectivity index (χ2v) is 11.0. The number of aromatic nitrogens is 3. The summed E-state index contributed by atoms with van der Waals surface area (Å²) in [7, 11) is 1.56. The van der Waals surface area contributed by atoms with Crippen LogP contribution in [0.15, 0.2) is 24.5 Å². The van der Waals surface area contributed by atoms with Gasteiger partial charge in [-0.05, 0) is 25.1 Å². The Labute approximate surface area is 248 Å². The largest absolute Gasteiger partial charge is 0.466 e. The molecule has 1 aromatic carbocycles. The summed E-state index contributed by atoms with van der Waals surface area (Å²) in [5, 5.41) is 3.49. The standard InChI is InChI=1S/C27H30F5N7O3S/c1-3-42-20(40)4-5-37-6-8-38(9-7-37)24-21(29)23(33-15-34-24)36-26-35-22(25(43-26)39-13-19(14-39)41-2)16-10-17(27(30,31)32)12-18(28)11-16/h10-12,15,19H,3-9,13-14H2,1-2H3,(H,33,34,35,36). The molecule has 16 heteroatoms. The number of anilines is 4. The predicted octanol–water partition coefficient (Wildman–Crippen LogP) is 4.55. The molecule has 2 fully saturated rings. The molecule has 43 heavy (non-hydrogen) atoms. The maximum atomic E-state index is 15.7. The third-order valence-electron chi connectivity index (χ3n) is 7.18. The van der Waals surface area contributed by atoms with Gasteiger partial charge in [-0.1, -0.05) is 11.3 Å². The number of nitrogens with zero attached hydrogens (tertiary/aromatic N) is 6. The lowest BCUT2D eigenvalue weighted by atomic mass is 10.1. The summed E-state index contributed by atoms with van der Waals surface area (Å²) in [5.41, 5.74) is -1.07. The van der Waals surface area contributed by atoms with E-state index in [2.05, 4.69) is 25.2 Å². The van der Waals surface area contributed by atoms with Crippen LogP contribution in [-0.2, 0) is 20.4 Å². The van der Waals surface area contributed by atoms with Crippen LogP contribution in [0.4, 0.5) is 43.7 Å². The van der Waals surface area contributed by atoms with E-state index in [9.17, 15) is 22.4 Å². The molecular formula is C27H30F5N7O3S. The molecule has 2 aliphatic rings. The van der Waals surface area contributed by atoms with Gasteiger partial charge in [0.25, 0.3) is 0 Å². The van der Waals surface area contributed by atoms with Crippen LogP contribution < -0.4 is 15.1 Å². The van der Waals surface area contributed by atoms with Gasteiger partial charge in [-0.2, -0.15) is 17.6 Å². The van der Waals surface area contributed by atoms with Crippen LogP contribution in [0, 0.1) is 11.6 Å². The Balaban J connectivity index is 1.35. The van der Waals surface area contributed by atoms with Gasteiger partial charge >= 0.3 is 12.1 Å². The normalized spacial score (nSPS) is 16.3. The molecule has 2 aromatic heterocycles. The highest BCUT2D eigenvalue weighted by Crippen LogP contribution is 2.43.